The Balaban J connectivity index is 2.27. The van der Waals surface area contributed by atoms with Gasteiger partial charge in [0.2, 0.25) is 10.0 Å². The van der Waals surface area contributed by atoms with Crippen LogP contribution < -0.4 is 4.74 Å². The molecule has 1 aromatic rings. The van der Waals surface area contributed by atoms with Crippen LogP contribution in [0.2, 0.25) is 0 Å². The Kier molecular flexibility index (Phi) is 4.78. The highest BCUT2D eigenvalue weighted by Gasteiger charge is 2.37. The molecule has 0 aromatic heterocycles. The van der Waals surface area contributed by atoms with E-state index in [4.69, 9.17) is 4.74 Å². The van der Waals surface area contributed by atoms with E-state index in [1.165, 1.54) is 12.1 Å². The molecule has 1 saturated heterocycles. The lowest BCUT2D eigenvalue weighted by atomic mass is 10.3. The second kappa shape index (κ2) is 6.13. The number of halogens is 1. The van der Waals surface area contributed by atoms with Gasteiger partial charge in [-0.25, -0.2) is 21.2 Å². The van der Waals surface area contributed by atoms with Gasteiger partial charge in [0, 0.05) is 19.3 Å². The molecule has 22 heavy (non-hydrogen) atoms. The number of sulfonamides is 1. The van der Waals surface area contributed by atoms with Crippen molar-refractivity contribution in [2.24, 2.45) is 0 Å². The van der Waals surface area contributed by atoms with Crippen molar-refractivity contribution in [2.75, 3.05) is 26.0 Å². The third-order valence-electron chi connectivity index (χ3n) is 3.55. The smallest absolute Gasteiger partial charge is 0.243 e. The van der Waals surface area contributed by atoms with Gasteiger partial charge in [-0.1, -0.05) is 0 Å². The Morgan fingerprint density at radius 3 is 2.50 bits per heavy atom. The van der Waals surface area contributed by atoms with Crippen molar-refractivity contribution in [2.45, 2.75) is 23.5 Å². The number of hydrogen-bond donors (Lipinski definition) is 0. The van der Waals surface area contributed by atoms with Crippen LogP contribution in [0.25, 0.3) is 0 Å². The topological polar surface area (TPSA) is 80.8 Å². The molecule has 1 aliphatic rings. The molecular formula is C13H18FNO5S2. The van der Waals surface area contributed by atoms with Gasteiger partial charge in [0.25, 0.3) is 0 Å². The summed E-state index contributed by atoms with van der Waals surface area (Å²) >= 11 is 0. The van der Waals surface area contributed by atoms with Gasteiger partial charge in [-0.2, -0.15) is 4.31 Å². The van der Waals surface area contributed by atoms with E-state index >= 15 is 0 Å². The Morgan fingerprint density at radius 1 is 1.32 bits per heavy atom. The van der Waals surface area contributed by atoms with Gasteiger partial charge in [-0.3, -0.25) is 0 Å². The summed E-state index contributed by atoms with van der Waals surface area (Å²) in [6, 6.07) is 3.42. The van der Waals surface area contributed by atoms with E-state index < -0.39 is 30.9 Å². The molecule has 0 radical (unpaired) electrons. The fourth-order valence-corrected chi connectivity index (χ4v) is 4.92. The fraction of sp³-hybridized carbons (Fsp3) is 0.538. The lowest BCUT2D eigenvalue weighted by Crippen LogP contribution is -2.31. The van der Waals surface area contributed by atoms with Crippen molar-refractivity contribution >= 4 is 19.9 Å². The van der Waals surface area contributed by atoms with Crippen LogP contribution in [0, 0.1) is 5.82 Å². The summed E-state index contributed by atoms with van der Waals surface area (Å²) in [5, 5.41) is -0.713. The molecule has 1 atom stereocenters. The van der Waals surface area contributed by atoms with Crippen molar-refractivity contribution in [1.82, 2.24) is 4.31 Å². The molecule has 6 nitrogen and oxygen atoms in total. The van der Waals surface area contributed by atoms with Crippen molar-refractivity contribution in [3.8, 4) is 5.75 Å². The van der Waals surface area contributed by atoms with E-state index in [-0.39, 0.29) is 36.8 Å². The van der Waals surface area contributed by atoms with Crippen LogP contribution in [0.5, 0.6) is 5.75 Å². The minimum absolute atomic E-state index is 0.0168. The first kappa shape index (κ1) is 17.2. The Bertz CT molecular complexity index is 761. The van der Waals surface area contributed by atoms with E-state index in [2.05, 4.69) is 0 Å². The predicted octanol–water partition coefficient (Wildman–Crippen LogP) is 1.03. The summed E-state index contributed by atoms with van der Waals surface area (Å²) < 4.78 is 67.9. The van der Waals surface area contributed by atoms with E-state index in [9.17, 15) is 21.2 Å². The summed E-state index contributed by atoms with van der Waals surface area (Å²) in [6.07, 6.45) is 1.34. The molecule has 0 unspecified atom stereocenters. The Hall–Kier alpha value is -1.19. The first-order valence-electron chi connectivity index (χ1n) is 6.77. The minimum atomic E-state index is -3.91. The van der Waals surface area contributed by atoms with Crippen molar-refractivity contribution < 1.29 is 26.0 Å². The molecule has 124 valence electrons. The van der Waals surface area contributed by atoms with Crippen LogP contribution in [-0.4, -0.2) is 52.3 Å². The molecule has 9 heteroatoms. The van der Waals surface area contributed by atoms with Crippen LogP contribution >= 0.6 is 0 Å². The van der Waals surface area contributed by atoms with Gasteiger partial charge >= 0.3 is 0 Å². The number of nitrogens with zero attached hydrogens (tertiary/aromatic N) is 1. The average Bonchev–Trinajstić information content (AvgIpc) is 2.91. The molecule has 2 rings (SSSR count). The zero-order valence-corrected chi connectivity index (χ0v) is 14.0. The van der Waals surface area contributed by atoms with Crippen LogP contribution in [-0.2, 0) is 19.9 Å². The minimum Gasteiger partial charge on any atom is -0.491 e. The van der Waals surface area contributed by atoms with E-state index in [1.807, 2.05) is 0 Å². The van der Waals surface area contributed by atoms with Gasteiger partial charge in [-0.15, -0.1) is 0 Å². The van der Waals surface area contributed by atoms with Gasteiger partial charge in [0.1, 0.15) is 0 Å². The highest BCUT2D eigenvalue weighted by molar-refractivity contribution is 7.91. The lowest BCUT2D eigenvalue weighted by Gasteiger charge is -2.17. The lowest BCUT2D eigenvalue weighted by molar-refractivity contribution is 0.321. The third-order valence-corrected chi connectivity index (χ3v) is 7.01. The maximum Gasteiger partial charge on any atom is 0.243 e. The maximum absolute atomic E-state index is 13.8. The monoisotopic (exact) mass is 351 g/mol. The zero-order chi connectivity index (χ0) is 16.5. The van der Waals surface area contributed by atoms with Crippen molar-refractivity contribution in [3.05, 3.63) is 24.0 Å². The van der Waals surface area contributed by atoms with E-state index in [0.29, 0.717) is 0 Å². The normalized spacial score (nSPS) is 20.2. The summed E-state index contributed by atoms with van der Waals surface area (Å²) in [7, 11) is -7.21. The molecule has 1 fully saturated rings. The number of ether oxygens (including phenoxy) is 1. The third kappa shape index (κ3) is 3.41. The Morgan fingerprint density at radius 2 is 2.00 bits per heavy atom. The molecule has 1 aromatic carbocycles. The Labute approximate surface area is 129 Å². The van der Waals surface area contributed by atoms with Crippen LogP contribution in [0.4, 0.5) is 4.39 Å². The largest absolute Gasteiger partial charge is 0.491 e. The first-order chi connectivity index (χ1) is 10.2. The SMILES string of the molecule is CCOc1ccc(S(=O)(=O)N2CC[C@@H](S(C)(=O)=O)C2)cc1F. The number of sulfone groups is 1. The molecule has 0 aliphatic carbocycles. The van der Waals surface area contributed by atoms with Gasteiger partial charge < -0.3 is 4.74 Å². The maximum atomic E-state index is 13.8. The van der Waals surface area contributed by atoms with E-state index in [0.717, 1.165) is 16.6 Å². The fourth-order valence-electron chi connectivity index (χ4n) is 2.33. The van der Waals surface area contributed by atoms with Crippen LogP contribution in [0.15, 0.2) is 23.1 Å². The summed E-state index contributed by atoms with van der Waals surface area (Å²) in [4.78, 5) is -0.206. The molecule has 0 spiro atoms. The molecule has 0 N–H and O–H groups in total. The second-order valence-corrected chi connectivity index (χ2v) is 9.39. The number of rotatable bonds is 5. The molecule has 1 aliphatic heterocycles. The second-order valence-electron chi connectivity index (χ2n) is 5.13. The van der Waals surface area contributed by atoms with Gasteiger partial charge in [0.05, 0.1) is 16.8 Å². The summed E-state index contributed by atoms with van der Waals surface area (Å²) in [5.74, 6) is -0.779. The molecule has 0 saturated carbocycles. The predicted molar refractivity (Wildman–Crippen MR) is 79.6 cm³/mol. The average molecular weight is 351 g/mol. The van der Waals surface area contributed by atoms with Gasteiger partial charge in [0.15, 0.2) is 21.4 Å². The highest BCUT2D eigenvalue weighted by Crippen LogP contribution is 2.27. The molecule has 0 amide bonds. The summed E-state index contributed by atoms with van der Waals surface area (Å²) in [6.45, 7) is 1.97. The molecule has 1 heterocycles. The van der Waals surface area contributed by atoms with Crippen LogP contribution in [0.3, 0.4) is 0 Å². The highest BCUT2D eigenvalue weighted by atomic mass is 32.2. The molecular weight excluding hydrogens is 333 g/mol. The quantitative estimate of drug-likeness (QED) is 0.791. The van der Waals surface area contributed by atoms with Crippen LogP contribution in [0.1, 0.15) is 13.3 Å². The van der Waals surface area contributed by atoms with Crippen molar-refractivity contribution in [3.63, 3.8) is 0 Å². The zero-order valence-electron chi connectivity index (χ0n) is 12.3. The first-order valence-corrected chi connectivity index (χ1v) is 10.2. The standard InChI is InChI=1S/C13H18FNO5S2/c1-3-20-13-5-4-10(8-12(13)14)22(18,19)15-7-6-11(9-15)21(2,16)17/h4-5,8,11H,3,6-7,9H2,1-2H3/t11-/m1/s1. The van der Waals surface area contributed by atoms with E-state index in [1.54, 1.807) is 6.92 Å². The molecule has 0 bridgehead atoms. The van der Waals surface area contributed by atoms with Crippen molar-refractivity contribution in [1.29, 1.82) is 0 Å². The number of hydrogen-bond acceptors (Lipinski definition) is 5. The number of benzene rings is 1. The van der Waals surface area contributed by atoms with Gasteiger partial charge in [-0.05, 0) is 31.5 Å². The summed E-state index contributed by atoms with van der Waals surface area (Å²) in [5.41, 5.74) is 0.